The van der Waals surface area contributed by atoms with Crippen molar-refractivity contribution in [3.05, 3.63) is 42.1 Å². The lowest BCUT2D eigenvalue weighted by Crippen LogP contribution is -2.14. The Morgan fingerprint density at radius 2 is 1.95 bits per heavy atom. The van der Waals surface area contributed by atoms with E-state index in [2.05, 4.69) is 9.98 Å². The van der Waals surface area contributed by atoms with Crippen LogP contribution in [0, 0.1) is 0 Å². The van der Waals surface area contributed by atoms with Gasteiger partial charge in [0.25, 0.3) is 0 Å². The van der Waals surface area contributed by atoms with Gasteiger partial charge in [-0.25, -0.2) is 9.78 Å². The maximum Gasteiger partial charge on any atom is 0.417 e. The molecule has 0 amide bonds. The van der Waals surface area contributed by atoms with Gasteiger partial charge in [-0.1, -0.05) is 12.1 Å². The number of anilines is 1. The molecule has 114 valence electrons. The molecule has 0 unspecified atom stereocenters. The molecule has 0 aliphatic rings. The van der Waals surface area contributed by atoms with E-state index in [9.17, 15) is 18.0 Å². The lowest BCUT2D eigenvalue weighted by atomic mass is 10.0. The zero-order chi connectivity index (χ0) is 16.3. The minimum atomic E-state index is -4.48. The van der Waals surface area contributed by atoms with Gasteiger partial charge in [0.05, 0.1) is 11.3 Å². The van der Waals surface area contributed by atoms with Crippen LogP contribution < -0.4 is 4.90 Å². The van der Waals surface area contributed by atoms with Gasteiger partial charge in [0, 0.05) is 25.9 Å². The van der Waals surface area contributed by atoms with Crippen LogP contribution in [-0.4, -0.2) is 25.2 Å². The average molecular weight is 307 g/mol. The standard InChI is InChI=1S/C15H12F3N3O/c1-21(2)14-13(7-11(8-19-14)15(16,17)18)10-4-3-5-12(6-10)20-9-22/h3-8H,1-2H3. The predicted molar refractivity (Wildman–Crippen MR) is 76.8 cm³/mol. The molecule has 0 bridgehead atoms. The molecule has 2 aromatic rings. The molecule has 0 saturated heterocycles. The molecule has 1 aromatic carbocycles. The second kappa shape index (κ2) is 5.99. The van der Waals surface area contributed by atoms with E-state index >= 15 is 0 Å². The first kappa shape index (κ1) is 15.7. The maximum absolute atomic E-state index is 12.9. The Kier molecular flexibility index (Phi) is 4.28. The van der Waals surface area contributed by atoms with Crippen molar-refractivity contribution < 1.29 is 18.0 Å². The van der Waals surface area contributed by atoms with Crippen LogP contribution in [0.15, 0.2) is 41.5 Å². The van der Waals surface area contributed by atoms with E-state index in [0.717, 1.165) is 12.3 Å². The Labute approximate surface area is 124 Å². The summed E-state index contributed by atoms with van der Waals surface area (Å²) in [6.07, 6.45) is -2.28. The summed E-state index contributed by atoms with van der Waals surface area (Å²) in [5.41, 5.74) is 0.272. The number of hydrogen-bond donors (Lipinski definition) is 0. The Morgan fingerprint density at radius 3 is 2.55 bits per heavy atom. The number of carbonyl (C=O) groups excluding carboxylic acids is 1. The van der Waals surface area contributed by atoms with Gasteiger partial charge in [-0.05, 0) is 23.8 Å². The molecule has 0 aliphatic carbocycles. The van der Waals surface area contributed by atoms with Crippen molar-refractivity contribution in [3.8, 4) is 11.1 Å². The number of aliphatic imine (C=N–C) groups is 1. The summed E-state index contributed by atoms with van der Waals surface area (Å²) in [4.78, 5) is 19.3. The second-order valence-electron chi connectivity index (χ2n) is 4.74. The van der Waals surface area contributed by atoms with Crippen molar-refractivity contribution in [1.82, 2.24) is 4.98 Å². The lowest BCUT2D eigenvalue weighted by Gasteiger charge is -2.18. The molecular weight excluding hydrogens is 295 g/mol. The van der Waals surface area contributed by atoms with E-state index in [1.807, 2.05) is 0 Å². The van der Waals surface area contributed by atoms with E-state index in [1.54, 1.807) is 37.2 Å². The molecule has 0 saturated carbocycles. The molecule has 4 nitrogen and oxygen atoms in total. The first-order valence-corrected chi connectivity index (χ1v) is 6.26. The predicted octanol–water partition coefficient (Wildman–Crippen LogP) is 3.80. The molecule has 0 aliphatic heterocycles. The van der Waals surface area contributed by atoms with E-state index in [4.69, 9.17) is 0 Å². The van der Waals surface area contributed by atoms with Crippen LogP contribution >= 0.6 is 0 Å². The Balaban J connectivity index is 2.65. The highest BCUT2D eigenvalue weighted by atomic mass is 19.4. The number of pyridine rings is 1. The van der Waals surface area contributed by atoms with Crippen LogP contribution in [0.5, 0.6) is 0 Å². The third-order valence-electron chi connectivity index (χ3n) is 2.95. The Bertz CT molecular complexity index is 735. The van der Waals surface area contributed by atoms with Gasteiger partial charge in [-0.2, -0.15) is 18.2 Å². The van der Waals surface area contributed by atoms with Crippen LogP contribution in [0.3, 0.4) is 0 Å². The largest absolute Gasteiger partial charge is 0.417 e. The molecule has 0 radical (unpaired) electrons. The first-order valence-electron chi connectivity index (χ1n) is 6.26. The van der Waals surface area contributed by atoms with Gasteiger partial charge in [-0.15, -0.1) is 0 Å². The smallest absolute Gasteiger partial charge is 0.362 e. The number of nitrogens with zero attached hydrogens (tertiary/aromatic N) is 3. The second-order valence-corrected chi connectivity index (χ2v) is 4.74. The molecule has 0 fully saturated rings. The van der Waals surface area contributed by atoms with Gasteiger partial charge < -0.3 is 4.90 Å². The molecule has 2 rings (SSSR count). The van der Waals surface area contributed by atoms with Crippen LogP contribution in [-0.2, 0) is 11.0 Å². The quantitative estimate of drug-likeness (QED) is 0.640. The Morgan fingerprint density at radius 1 is 1.23 bits per heavy atom. The van der Waals surface area contributed by atoms with Crippen molar-refractivity contribution in [2.45, 2.75) is 6.18 Å². The summed E-state index contributed by atoms with van der Waals surface area (Å²) in [6, 6.07) is 7.34. The summed E-state index contributed by atoms with van der Waals surface area (Å²) in [5.74, 6) is 0.389. The van der Waals surface area contributed by atoms with Gasteiger partial charge in [0.1, 0.15) is 5.82 Å². The summed E-state index contributed by atoms with van der Waals surface area (Å²) in [6.45, 7) is 0. The highest BCUT2D eigenvalue weighted by Gasteiger charge is 2.32. The van der Waals surface area contributed by atoms with E-state index in [-0.39, 0.29) is 0 Å². The van der Waals surface area contributed by atoms with Crippen LogP contribution in [0.1, 0.15) is 5.56 Å². The molecule has 1 aromatic heterocycles. The van der Waals surface area contributed by atoms with Crippen molar-refractivity contribution in [3.63, 3.8) is 0 Å². The minimum absolute atomic E-state index is 0.308. The Hall–Kier alpha value is -2.66. The zero-order valence-electron chi connectivity index (χ0n) is 11.8. The van der Waals surface area contributed by atoms with Gasteiger partial charge >= 0.3 is 6.18 Å². The monoisotopic (exact) mass is 307 g/mol. The van der Waals surface area contributed by atoms with Crippen LogP contribution in [0.2, 0.25) is 0 Å². The van der Waals surface area contributed by atoms with Crippen molar-refractivity contribution in [2.24, 2.45) is 4.99 Å². The highest BCUT2D eigenvalue weighted by Crippen LogP contribution is 2.36. The SMILES string of the molecule is CN(C)c1ncc(C(F)(F)F)cc1-c1cccc(N=C=O)c1. The lowest BCUT2D eigenvalue weighted by molar-refractivity contribution is -0.137. The number of rotatable bonds is 3. The van der Waals surface area contributed by atoms with E-state index in [1.165, 1.54) is 12.1 Å². The average Bonchev–Trinajstić information content (AvgIpc) is 2.46. The number of alkyl halides is 3. The van der Waals surface area contributed by atoms with E-state index < -0.39 is 11.7 Å². The van der Waals surface area contributed by atoms with Crippen LogP contribution in [0.25, 0.3) is 11.1 Å². The van der Waals surface area contributed by atoms with Gasteiger partial charge in [0.15, 0.2) is 0 Å². The molecular formula is C15H12F3N3O. The van der Waals surface area contributed by atoms with Gasteiger partial charge in [0.2, 0.25) is 6.08 Å². The summed E-state index contributed by atoms with van der Waals surface area (Å²) >= 11 is 0. The third kappa shape index (κ3) is 3.32. The molecule has 1 heterocycles. The number of benzene rings is 1. The summed E-state index contributed by atoms with van der Waals surface area (Å²) < 4.78 is 38.7. The number of halogens is 3. The van der Waals surface area contributed by atoms with Gasteiger partial charge in [-0.3, -0.25) is 0 Å². The fourth-order valence-electron chi connectivity index (χ4n) is 1.98. The molecule has 22 heavy (non-hydrogen) atoms. The summed E-state index contributed by atoms with van der Waals surface area (Å²) in [5, 5.41) is 0. The number of hydrogen-bond acceptors (Lipinski definition) is 4. The highest BCUT2D eigenvalue weighted by molar-refractivity contribution is 5.78. The van der Waals surface area contributed by atoms with Crippen molar-refractivity contribution >= 4 is 17.6 Å². The van der Waals surface area contributed by atoms with E-state index in [0.29, 0.717) is 22.6 Å². The summed E-state index contributed by atoms with van der Waals surface area (Å²) in [7, 11) is 3.37. The normalized spacial score (nSPS) is 11.0. The molecule has 0 N–H and O–H groups in total. The fourth-order valence-corrected chi connectivity index (χ4v) is 1.98. The molecule has 0 atom stereocenters. The fraction of sp³-hybridized carbons (Fsp3) is 0.200. The molecule has 0 spiro atoms. The number of aromatic nitrogens is 1. The topological polar surface area (TPSA) is 45.6 Å². The number of isocyanates is 1. The van der Waals surface area contributed by atoms with Crippen LogP contribution in [0.4, 0.5) is 24.7 Å². The zero-order valence-corrected chi connectivity index (χ0v) is 11.8. The minimum Gasteiger partial charge on any atom is -0.362 e. The maximum atomic E-state index is 12.9. The van der Waals surface area contributed by atoms with Crippen molar-refractivity contribution in [2.75, 3.05) is 19.0 Å². The first-order chi connectivity index (χ1) is 10.3. The molecule has 7 heteroatoms. The third-order valence-corrected chi connectivity index (χ3v) is 2.95. The van der Waals surface area contributed by atoms with Crippen molar-refractivity contribution in [1.29, 1.82) is 0 Å².